The lowest BCUT2D eigenvalue weighted by molar-refractivity contribution is -0.159. The van der Waals surface area contributed by atoms with Crippen molar-refractivity contribution >= 4 is 11.9 Å². The van der Waals surface area contributed by atoms with Gasteiger partial charge in [-0.15, -0.1) is 0 Å². The number of hydrogen-bond donors (Lipinski definition) is 3. The van der Waals surface area contributed by atoms with Crippen molar-refractivity contribution in [1.29, 1.82) is 0 Å². The van der Waals surface area contributed by atoms with Gasteiger partial charge < -0.3 is 20.3 Å². The quantitative estimate of drug-likeness (QED) is 0.480. The third-order valence-corrected chi connectivity index (χ3v) is 3.65. The Morgan fingerprint density at radius 3 is 2.15 bits per heavy atom. The molecule has 0 saturated heterocycles. The molecular formula is C20H33NO5. The summed E-state index contributed by atoms with van der Waals surface area (Å²) in [6.07, 6.45) is 3.57. The highest BCUT2D eigenvalue weighted by atomic mass is 16.5. The van der Waals surface area contributed by atoms with Crippen LogP contribution in [0.25, 0.3) is 0 Å². The Labute approximate surface area is 156 Å². The van der Waals surface area contributed by atoms with E-state index >= 15 is 0 Å². The van der Waals surface area contributed by atoms with Crippen LogP contribution in [0.4, 0.5) is 0 Å². The maximum Gasteiger partial charge on any atom is 0.414 e. The molecule has 0 atom stereocenters. The summed E-state index contributed by atoms with van der Waals surface area (Å²) in [5.41, 5.74) is 2.66. The smallest absolute Gasteiger partial charge is 0.414 e. The zero-order chi connectivity index (χ0) is 20.2. The number of nitrogens with one attached hydrogen (secondary N) is 1. The van der Waals surface area contributed by atoms with Crippen molar-refractivity contribution in [2.24, 2.45) is 0 Å². The minimum Gasteiger partial charge on any atom is -0.493 e. The van der Waals surface area contributed by atoms with Crippen LogP contribution >= 0.6 is 0 Å². The normalized spacial score (nSPS) is 10.7. The number of carboxylic acids is 2. The van der Waals surface area contributed by atoms with Gasteiger partial charge in [-0.25, -0.2) is 9.59 Å². The van der Waals surface area contributed by atoms with Crippen LogP contribution in [0.1, 0.15) is 58.1 Å². The second-order valence-corrected chi connectivity index (χ2v) is 7.12. The van der Waals surface area contributed by atoms with E-state index in [1.165, 1.54) is 24.0 Å². The van der Waals surface area contributed by atoms with Crippen LogP contribution in [0.5, 0.6) is 5.75 Å². The van der Waals surface area contributed by atoms with E-state index < -0.39 is 11.9 Å². The molecule has 0 aliphatic carbocycles. The van der Waals surface area contributed by atoms with Gasteiger partial charge in [-0.05, 0) is 49.4 Å². The van der Waals surface area contributed by atoms with Crippen LogP contribution in [-0.2, 0) is 15.0 Å². The summed E-state index contributed by atoms with van der Waals surface area (Å²) in [4.78, 5) is 18.2. The molecule has 0 radical (unpaired) electrons. The molecule has 0 spiro atoms. The van der Waals surface area contributed by atoms with Gasteiger partial charge in [-0.3, -0.25) is 0 Å². The third-order valence-electron chi connectivity index (χ3n) is 3.65. The molecule has 3 N–H and O–H groups in total. The number of rotatable bonds is 8. The van der Waals surface area contributed by atoms with E-state index in [-0.39, 0.29) is 5.41 Å². The van der Waals surface area contributed by atoms with Gasteiger partial charge in [0, 0.05) is 0 Å². The maximum atomic E-state index is 9.10. The van der Waals surface area contributed by atoms with Gasteiger partial charge in [0.25, 0.3) is 0 Å². The van der Waals surface area contributed by atoms with Crippen LogP contribution in [0.3, 0.4) is 0 Å². The molecule has 0 aliphatic heterocycles. The number of benzene rings is 1. The minimum absolute atomic E-state index is 0.126. The first kappa shape index (κ1) is 23.9. The fourth-order valence-electron chi connectivity index (χ4n) is 2.23. The molecule has 1 aromatic rings. The number of unbranched alkanes of at least 4 members (excludes halogenated alkanes) is 1. The Hall–Kier alpha value is -2.08. The van der Waals surface area contributed by atoms with Crippen molar-refractivity contribution in [2.45, 2.75) is 59.3 Å². The molecule has 0 heterocycles. The van der Waals surface area contributed by atoms with Crippen molar-refractivity contribution in [2.75, 3.05) is 19.7 Å². The Morgan fingerprint density at radius 2 is 1.65 bits per heavy atom. The second kappa shape index (κ2) is 12.3. The largest absolute Gasteiger partial charge is 0.493 e. The van der Waals surface area contributed by atoms with Crippen LogP contribution in [-0.4, -0.2) is 41.8 Å². The molecular weight excluding hydrogens is 334 g/mol. The van der Waals surface area contributed by atoms with Crippen molar-refractivity contribution < 1.29 is 24.5 Å². The van der Waals surface area contributed by atoms with Gasteiger partial charge in [-0.1, -0.05) is 52.3 Å². The third kappa shape index (κ3) is 10.0. The van der Waals surface area contributed by atoms with E-state index in [0.29, 0.717) is 0 Å². The standard InChI is InChI=1S/C18H31NO.C2H2O4/c1-6-7-12-19-13-9-14-20-17-15(2)10-8-11-16(17)18(3,4)5;3-1(4)2(5)6/h8,10-11,19H,6-7,9,12-14H2,1-5H3;(H,3,4)(H,5,6). The number of ether oxygens (including phenoxy) is 1. The number of carboxylic acid groups (broad SMARTS) is 2. The van der Waals surface area contributed by atoms with Crippen molar-refractivity contribution in [3.05, 3.63) is 29.3 Å². The fourth-order valence-corrected chi connectivity index (χ4v) is 2.23. The molecule has 6 heteroatoms. The summed E-state index contributed by atoms with van der Waals surface area (Å²) < 4.78 is 6.06. The first-order valence-corrected chi connectivity index (χ1v) is 9.01. The van der Waals surface area contributed by atoms with E-state index in [1.807, 2.05) is 0 Å². The van der Waals surface area contributed by atoms with Gasteiger partial charge >= 0.3 is 11.9 Å². The number of carbonyl (C=O) groups is 2. The average molecular weight is 367 g/mol. The number of hydrogen-bond acceptors (Lipinski definition) is 4. The summed E-state index contributed by atoms with van der Waals surface area (Å²) in [5.74, 6) is -2.57. The zero-order valence-corrected chi connectivity index (χ0v) is 16.6. The minimum atomic E-state index is -1.82. The molecule has 1 aromatic carbocycles. The molecule has 1 rings (SSSR count). The maximum absolute atomic E-state index is 9.10. The Balaban J connectivity index is 0.000000896. The Bertz CT molecular complexity index is 552. The number of aliphatic carboxylic acids is 2. The summed E-state index contributed by atoms with van der Waals surface area (Å²) in [5, 5.41) is 18.2. The van der Waals surface area contributed by atoms with E-state index in [4.69, 9.17) is 24.5 Å². The van der Waals surface area contributed by atoms with Crippen LogP contribution in [0.2, 0.25) is 0 Å². The molecule has 0 fully saturated rings. The molecule has 0 aromatic heterocycles. The lowest BCUT2D eigenvalue weighted by Crippen LogP contribution is -2.19. The molecule has 0 amide bonds. The highest BCUT2D eigenvalue weighted by molar-refractivity contribution is 6.27. The second-order valence-electron chi connectivity index (χ2n) is 7.12. The van der Waals surface area contributed by atoms with E-state index in [2.05, 4.69) is 58.1 Å². The van der Waals surface area contributed by atoms with Gasteiger partial charge in [0.15, 0.2) is 0 Å². The van der Waals surface area contributed by atoms with E-state index in [9.17, 15) is 0 Å². The highest BCUT2D eigenvalue weighted by Crippen LogP contribution is 2.33. The summed E-state index contributed by atoms with van der Waals surface area (Å²) in [6.45, 7) is 14.0. The van der Waals surface area contributed by atoms with Crippen LogP contribution in [0.15, 0.2) is 18.2 Å². The first-order valence-electron chi connectivity index (χ1n) is 9.01. The van der Waals surface area contributed by atoms with Crippen LogP contribution in [0, 0.1) is 6.92 Å². The number of para-hydroxylation sites is 1. The van der Waals surface area contributed by atoms with Gasteiger partial charge in [-0.2, -0.15) is 0 Å². The summed E-state index contributed by atoms with van der Waals surface area (Å²) >= 11 is 0. The highest BCUT2D eigenvalue weighted by Gasteiger charge is 2.19. The predicted octanol–water partition coefficient (Wildman–Crippen LogP) is 3.61. The molecule has 0 saturated carbocycles. The van der Waals surface area contributed by atoms with Crippen molar-refractivity contribution in [1.82, 2.24) is 5.32 Å². The average Bonchev–Trinajstić information content (AvgIpc) is 2.54. The molecule has 0 unspecified atom stereocenters. The van der Waals surface area contributed by atoms with Crippen LogP contribution < -0.4 is 10.1 Å². The van der Waals surface area contributed by atoms with Gasteiger partial charge in [0.2, 0.25) is 0 Å². The molecule has 6 nitrogen and oxygen atoms in total. The SMILES string of the molecule is CCCCNCCCOc1c(C)cccc1C(C)(C)C.O=C(O)C(=O)O. The van der Waals surface area contributed by atoms with E-state index in [1.54, 1.807) is 0 Å². The Kier molecular flexibility index (Phi) is 11.3. The molecule has 0 aliphatic rings. The number of aryl methyl sites for hydroxylation is 1. The molecule has 0 bridgehead atoms. The van der Waals surface area contributed by atoms with Gasteiger partial charge in [0.1, 0.15) is 5.75 Å². The lowest BCUT2D eigenvalue weighted by atomic mass is 9.85. The first-order chi connectivity index (χ1) is 12.1. The fraction of sp³-hybridized carbons (Fsp3) is 0.600. The predicted molar refractivity (Wildman–Crippen MR) is 103 cm³/mol. The summed E-state index contributed by atoms with van der Waals surface area (Å²) in [7, 11) is 0. The summed E-state index contributed by atoms with van der Waals surface area (Å²) in [6, 6.07) is 6.43. The van der Waals surface area contributed by atoms with Gasteiger partial charge in [0.05, 0.1) is 6.61 Å². The topological polar surface area (TPSA) is 95.9 Å². The molecule has 148 valence electrons. The Morgan fingerprint density at radius 1 is 1.08 bits per heavy atom. The van der Waals surface area contributed by atoms with Crippen molar-refractivity contribution in [3.8, 4) is 5.75 Å². The molecule has 26 heavy (non-hydrogen) atoms. The zero-order valence-electron chi connectivity index (χ0n) is 16.6. The van der Waals surface area contributed by atoms with E-state index in [0.717, 1.165) is 31.9 Å². The van der Waals surface area contributed by atoms with Crippen molar-refractivity contribution in [3.63, 3.8) is 0 Å². The lowest BCUT2D eigenvalue weighted by Gasteiger charge is -2.24. The monoisotopic (exact) mass is 367 g/mol.